The van der Waals surface area contributed by atoms with E-state index >= 15 is 0 Å². The third kappa shape index (κ3) is 3.11. The maximum Gasteiger partial charge on any atom is 0.230 e. The minimum absolute atomic E-state index is 0.118. The number of hydrogen-bond donors (Lipinski definition) is 1. The lowest BCUT2D eigenvalue weighted by molar-refractivity contribution is -0.131. The van der Waals surface area contributed by atoms with Gasteiger partial charge in [0.25, 0.3) is 0 Å². The molecule has 0 bridgehead atoms. The molecule has 21 heavy (non-hydrogen) atoms. The van der Waals surface area contributed by atoms with Crippen LogP contribution in [0.25, 0.3) is 0 Å². The van der Waals surface area contributed by atoms with E-state index in [1.54, 1.807) is 0 Å². The first kappa shape index (κ1) is 14.5. The molecule has 1 aromatic carbocycles. The fourth-order valence-electron chi connectivity index (χ4n) is 3.30. The second-order valence-corrected chi connectivity index (χ2v) is 5.91. The molecular weight excluding hydrogens is 266 g/mol. The second-order valence-electron chi connectivity index (χ2n) is 5.91. The molecule has 4 heteroatoms. The highest BCUT2D eigenvalue weighted by Gasteiger charge is 2.41. The SMILES string of the molecule is O=C(NC[C@@H]1CCCO1)C1(c2ccccc2)CCOCC1. The van der Waals surface area contributed by atoms with Crippen molar-refractivity contribution in [2.45, 2.75) is 37.2 Å². The average molecular weight is 289 g/mol. The van der Waals surface area contributed by atoms with Gasteiger partial charge in [0.1, 0.15) is 0 Å². The Morgan fingerprint density at radius 2 is 1.95 bits per heavy atom. The molecular formula is C17H23NO3. The van der Waals surface area contributed by atoms with E-state index in [1.807, 2.05) is 18.2 Å². The van der Waals surface area contributed by atoms with Crippen molar-refractivity contribution < 1.29 is 14.3 Å². The van der Waals surface area contributed by atoms with E-state index in [2.05, 4.69) is 17.4 Å². The Bertz CT molecular complexity index is 462. The number of hydrogen-bond acceptors (Lipinski definition) is 3. The number of benzene rings is 1. The third-order valence-corrected chi connectivity index (χ3v) is 4.62. The third-order valence-electron chi connectivity index (χ3n) is 4.62. The van der Waals surface area contributed by atoms with Gasteiger partial charge in [0, 0.05) is 26.4 Å². The van der Waals surface area contributed by atoms with E-state index in [-0.39, 0.29) is 12.0 Å². The van der Waals surface area contributed by atoms with E-state index < -0.39 is 5.41 Å². The molecule has 3 rings (SSSR count). The maximum absolute atomic E-state index is 12.9. The minimum Gasteiger partial charge on any atom is -0.381 e. The molecule has 1 N–H and O–H groups in total. The van der Waals surface area contributed by atoms with Crippen LogP contribution < -0.4 is 5.32 Å². The Hall–Kier alpha value is -1.39. The monoisotopic (exact) mass is 289 g/mol. The van der Waals surface area contributed by atoms with Crippen molar-refractivity contribution in [3.05, 3.63) is 35.9 Å². The molecule has 1 aromatic rings. The van der Waals surface area contributed by atoms with Crippen molar-refractivity contribution >= 4 is 5.91 Å². The molecule has 2 fully saturated rings. The zero-order chi connectivity index (χ0) is 14.5. The van der Waals surface area contributed by atoms with Crippen LogP contribution in [0.5, 0.6) is 0 Å². The Morgan fingerprint density at radius 3 is 2.62 bits per heavy atom. The highest BCUT2D eigenvalue weighted by molar-refractivity contribution is 5.88. The zero-order valence-corrected chi connectivity index (χ0v) is 12.3. The predicted octanol–water partition coefficient (Wildman–Crippen LogP) is 2.03. The van der Waals surface area contributed by atoms with E-state index in [0.717, 1.165) is 37.9 Å². The fourth-order valence-corrected chi connectivity index (χ4v) is 3.30. The summed E-state index contributed by atoms with van der Waals surface area (Å²) < 4.78 is 11.1. The van der Waals surface area contributed by atoms with Crippen LogP contribution >= 0.6 is 0 Å². The van der Waals surface area contributed by atoms with Gasteiger partial charge >= 0.3 is 0 Å². The molecule has 1 atom stereocenters. The van der Waals surface area contributed by atoms with Crippen LogP contribution in [0.2, 0.25) is 0 Å². The lowest BCUT2D eigenvalue weighted by atomic mass is 9.73. The molecule has 1 amide bonds. The molecule has 0 aromatic heterocycles. The summed E-state index contributed by atoms with van der Waals surface area (Å²) >= 11 is 0. The molecule has 0 aliphatic carbocycles. The van der Waals surface area contributed by atoms with E-state index in [4.69, 9.17) is 9.47 Å². The molecule has 2 saturated heterocycles. The summed E-state index contributed by atoms with van der Waals surface area (Å²) in [6, 6.07) is 10.1. The summed E-state index contributed by atoms with van der Waals surface area (Å²) in [4.78, 5) is 12.9. The van der Waals surface area contributed by atoms with E-state index in [0.29, 0.717) is 19.8 Å². The van der Waals surface area contributed by atoms with Crippen molar-refractivity contribution in [3.8, 4) is 0 Å². The summed E-state index contributed by atoms with van der Waals surface area (Å²) in [7, 11) is 0. The fraction of sp³-hybridized carbons (Fsp3) is 0.588. The van der Waals surface area contributed by atoms with Crippen molar-refractivity contribution in [2.75, 3.05) is 26.4 Å². The van der Waals surface area contributed by atoms with Gasteiger partial charge in [-0.15, -0.1) is 0 Å². The smallest absolute Gasteiger partial charge is 0.230 e. The standard InChI is InChI=1S/C17H23NO3/c19-16(18-13-15-7-4-10-21-15)17(8-11-20-12-9-17)14-5-2-1-3-6-14/h1-3,5-6,15H,4,7-13H2,(H,18,19)/t15-/m0/s1. The lowest BCUT2D eigenvalue weighted by Crippen LogP contribution is -2.49. The molecule has 2 aliphatic rings. The van der Waals surface area contributed by atoms with E-state index in [9.17, 15) is 4.79 Å². The Morgan fingerprint density at radius 1 is 1.19 bits per heavy atom. The van der Waals surface area contributed by atoms with Crippen molar-refractivity contribution in [3.63, 3.8) is 0 Å². The van der Waals surface area contributed by atoms with Gasteiger partial charge in [-0.05, 0) is 31.2 Å². The molecule has 114 valence electrons. The van der Waals surface area contributed by atoms with Crippen LogP contribution in [-0.2, 0) is 19.7 Å². The quantitative estimate of drug-likeness (QED) is 0.922. The maximum atomic E-state index is 12.9. The summed E-state index contributed by atoms with van der Waals surface area (Å²) in [6.07, 6.45) is 3.81. The second kappa shape index (κ2) is 6.58. The van der Waals surface area contributed by atoms with Crippen LogP contribution in [0.1, 0.15) is 31.2 Å². The van der Waals surface area contributed by atoms with Crippen molar-refractivity contribution in [1.82, 2.24) is 5.32 Å². The van der Waals surface area contributed by atoms with Gasteiger partial charge < -0.3 is 14.8 Å². The Kier molecular flexibility index (Phi) is 4.56. The van der Waals surface area contributed by atoms with Gasteiger partial charge in [-0.1, -0.05) is 30.3 Å². The van der Waals surface area contributed by atoms with Crippen molar-refractivity contribution in [1.29, 1.82) is 0 Å². The largest absolute Gasteiger partial charge is 0.381 e. The average Bonchev–Trinajstić information content (AvgIpc) is 3.07. The summed E-state index contributed by atoms with van der Waals surface area (Å²) in [5.41, 5.74) is 0.649. The normalized spacial score (nSPS) is 24.7. The Balaban J connectivity index is 1.73. The molecule has 0 radical (unpaired) electrons. The molecule has 4 nitrogen and oxygen atoms in total. The number of carbonyl (C=O) groups is 1. The number of amides is 1. The summed E-state index contributed by atoms with van der Waals surface area (Å²) in [5.74, 6) is 0.118. The number of carbonyl (C=O) groups excluding carboxylic acids is 1. The first-order valence-corrected chi connectivity index (χ1v) is 7.84. The van der Waals surface area contributed by atoms with Crippen LogP contribution in [0.4, 0.5) is 0 Å². The van der Waals surface area contributed by atoms with Gasteiger partial charge in [-0.2, -0.15) is 0 Å². The minimum atomic E-state index is -0.446. The summed E-state index contributed by atoms with van der Waals surface area (Å²) in [6.45, 7) is 2.72. The number of nitrogens with one attached hydrogen (secondary N) is 1. The molecule has 0 saturated carbocycles. The first-order chi connectivity index (χ1) is 10.3. The lowest BCUT2D eigenvalue weighted by Gasteiger charge is -2.36. The van der Waals surface area contributed by atoms with Gasteiger partial charge in [0.2, 0.25) is 5.91 Å². The first-order valence-electron chi connectivity index (χ1n) is 7.84. The van der Waals surface area contributed by atoms with Crippen LogP contribution in [0.15, 0.2) is 30.3 Å². The number of ether oxygens (including phenoxy) is 2. The van der Waals surface area contributed by atoms with E-state index in [1.165, 1.54) is 0 Å². The van der Waals surface area contributed by atoms with Crippen LogP contribution in [0.3, 0.4) is 0 Å². The Labute approximate surface area is 125 Å². The van der Waals surface area contributed by atoms with Crippen molar-refractivity contribution in [2.24, 2.45) is 0 Å². The highest BCUT2D eigenvalue weighted by atomic mass is 16.5. The van der Waals surface area contributed by atoms with Crippen LogP contribution in [-0.4, -0.2) is 38.4 Å². The molecule has 0 unspecified atom stereocenters. The number of rotatable bonds is 4. The van der Waals surface area contributed by atoms with Gasteiger partial charge in [-0.3, -0.25) is 4.79 Å². The predicted molar refractivity (Wildman–Crippen MR) is 80.2 cm³/mol. The van der Waals surface area contributed by atoms with Gasteiger partial charge in [0.05, 0.1) is 11.5 Å². The molecule has 2 heterocycles. The zero-order valence-electron chi connectivity index (χ0n) is 12.3. The van der Waals surface area contributed by atoms with Crippen LogP contribution in [0, 0.1) is 0 Å². The van der Waals surface area contributed by atoms with Gasteiger partial charge in [0.15, 0.2) is 0 Å². The van der Waals surface area contributed by atoms with Gasteiger partial charge in [-0.25, -0.2) is 0 Å². The summed E-state index contributed by atoms with van der Waals surface area (Å²) in [5, 5.41) is 3.11. The topological polar surface area (TPSA) is 47.6 Å². The highest BCUT2D eigenvalue weighted by Crippen LogP contribution is 2.35. The molecule has 0 spiro atoms. The molecule has 2 aliphatic heterocycles.